The lowest BCUT2D eigenvalue weighted by molar-refractivity contribution is -0.383. The van der Waals surface area contributed by atoms with Gasteiger partial charge in [0.2, 0.25) is 0 Å². The zero-order valence-electron chi connectivity index (χ0n) is 20.8. The van der Waals surface area contributed by atoms with Crippen molar-refractivity contribution in [3.05, 3.63) is 53.1 Å². The van der Waals surface area contributed by atoms with Crippen molar-refractivity contribution in [3.63, 3.8) is 0 Å². The van der Waals surface area contributed by atoms with Crippen LogP contribution in [-0.4, -0.2) is 59.4 Å². The van der Waals surface area contributed by atoms with Crippen LogP contribution in [0.5, 0.6) is 0 Å². The number of likely N-dealkylation sites (tertiary alicyclic amines) is 1. The summed E-state index contributed by atoms with van der Waals surface area (Å²) in [5, 5.41) is 31.9. The molecule has 2 aromatic heterocycles. The molecule has 1 aliphatic heterocycles. The number of carbonyl (C=O) groups is 1. The first-order chi connectivity index (χ1) is 16.9. The molecule has 0 aliphatic carbocycles. The van der Waals surface area contributed by atoms with E-state index in [2.05, 4.69) is 25.7 Å². The lowest BCUT2D eigenvalue weighted by Crippen LogP contribution is -2.44. The number of nitrogens with one attached hydrogen (secondary N) is 2. The minimum Gasteiger partial charge on any atom is -0.465 e. The first-order valence-corrected chi connectivity index (χ1v) is 11.6. The van der Waals surface area contributed by atoms with Gasteiger partial charge in [0, 0.05) is 43.5 Å². The SMILES string of the molecule is C[C@H]1C(C(C)(C)C)N(C(=O)O)C[C@@H]1Nc1cncc(Nc2ccc(-c3cnn(C)c3)cc2[N+](=O)[O-])n1. The van der Waals surface area contributed by atoms with Gasteiger partial charge in [0.05, 0.1) is 23.5 Å². The Labute approximate surface area is 208 Å². The molecule has 1 unspecified atom stereocenters. The number of rotatable bonds is 6. The number of amides is 1. The third kappa shape index (κ3) is 5.07. The standard InChI is InChI=1S/C24H30N8O4/c1-14-18(13-31(23(33)34)22(14)24(2,3)4)28-21-11-25-10-20(29-21)27-17-7-6-15(8-19(17)32(35)36)16-9-26-30(5)12-16/h6-12,14,18,22H,13H2,1-5H3,(H,33,34)(H2,27,28,29)/t14-,18+,22?/m1/s1. The normalized spacial score (nSPS) is 19.8. The van der Waals surface area contributed by atoms with Gasteiger partial charge in [-0.1, -0.05) is 33.8 Å². The van der Waals surface area contributed by atoms with E-state index in [1.807, 2.05) is 27.7 Å². The summed E-state index contributed by atoms with van der Waals surface area (Å²) in [7, 11) is 1.78. The average molecular weight is 495 g/mol. The van der Waals surface area contributed by atoms with E-state index in [4.69, 9.17) is 0 Å². The second-order valence-corrected chi connectivity index (χ2v) is 10.2. The summed E-state index contributed by atoms with van der Waals surface area (Å²) in [5.41, 5.74) is 1.38. The van der Waals surface area contributed by atoms with Crippen LogP contribution in [0, 0.1) is 21.4 Å². The molecule has 4 rings (SSSR count). The third-order valence-corrected chi connectivity index (χ3v) is 6.46. The fourth-order valence-electron chi connectivity index (χ4n) is 4.99. The molecule has 3 heterocycles. The summed E-state index contributed by atoms with van der Waals surface area (Å²) in [6, 6.07) is 4.56. The Bertz CT molecular complexity index is 1290. The van der Waals surface area contributed by atoms with Gasteiger partial charge >= 0.3 is 6.09 Å². The molecule has 1 aromatic carbocycles. The third-order valence-electron chi connectivity index (χ3n) is 6.46. The van der Waals surface area contributed by atoms with Gasteiger partial charge in [0.1, 0.15) is 11.5 Å². The van der Waals surface area contributed by atoms with Crippen molar-refractivity contribution in [2.75, 3.05) is 17.2 Å². The topological polar surface area (TPSA) is 151 Å². The van der Waals surface area contributed by atoms with Gasteiger partial charge < -0.3 is 20.6 Å². The number of hydrogen-bond donors (Lipinski definition) is 3. The Balaban J connectivity index is 1.55. The predicted molar refractivity (Wildman–Crippen MR) is 135 cm³/mol. The summed E-state index contributed by atoms with van der Waals surface area (Å²) in [5.74, 6) is 0.803. The van der Waals surface area contributed by atoms with Crippen LogP contribution in [0.1, 0.15) is 27.7 Å². The van der Waals surface area contributed by atoms with Crippen molar-refractivity contribution in [1.82, 2.24) is 24.6 Å². The second kappa shape index (κ2) is 9.44. The minimum absolute atomic E-state index is 0.0284. The van der Waals surface area contributed by atoms with Gasteiger partial charge in [-0.3, -0.25) is 19.8 Å². The number of nitro groups is 1. The smallest absolute Gasteiger partial charge is 0.407 e. The monoisotopic (exact) mass is 494 g/mol. The Kier molecular flexibility index (Phi) is 6.53. The van der Waals surface area contributed by atoms with Crippen molar-refractivity contribution in [2.45, 2.75) is 39.8 Å². The summed E-state index contributed by atoms with van der Waals surface area (Å²) in [6.07, 6.45) is 5.50. The summed E-state index contributed by atoms with van der Waals surface area (Å²) < 4.78 is 1.63. The molecule has 0 spiro atoms. The molecule has 12 heteroatoms. The Hall–Kier alpha value is -4.22. The Morgan fingerprint density at radius 1 is 1.19 bits per heavy atom. The van der Waals surface area contributed by atoms with Crippen LogP contribution in [0.2, 0.25) is 0 Å². The van der Waals surface area contributed by atoms with Gasteiger partial charge in [-0.25, -0.2) is 9.78 Å². The minimum atomic E-state index is -0.949. The van der Waals surface area contributed by atoms with E-state index in [0.717, 1.165) is 5.56 Å². The van der Waals surface area contributed by atoms with Crippen molar-refractivity contribution in [3.8, 4) is 11.1 Å². The molecule has 0 radical (unpaired) electrons. The highest BCUT2D eigenvalue weighted by atomic mass is 16.6. The van der Waals surface area contributed by atoms with E-state index in [9.17, 15) is 20.0 Å². The maximum Gasteiger partial charge on any atom is 0.407 e. The van der Waals surface area contributed by atoms with Crippen LogP contribution in [0.15, 0.2) is 43.0 Å². The average Bonchev–Trinajstić information content (AvgIpc) is 3.37. The highest BCUT2D eigenvalue weighted by molar-refractivity contribution is 5.75. The van der Waals surface area contributed by atoms with Gasteiger partial charge in [0.15, 0.2) is 5.82 Å². The molecule has 190 valence electrons. The van der Waals surface area contributed by atoms with Crippen molar-refractivity contribution >= 4 is 29.1 Å². The van der Waals surface area contributed by atoms with E-state index < -0.39 is 11.0 Å². The fourth-order valence-corrected chi connectivity index (χ4v) is 4.99. The van der Waals surface area contributed by atoms with E-state index in [0.29, 0.717) is 23.7 Å². The molecule has 3 aromatic rings. The number of aryl methyl sites for hydroxylation is 1. The molecule has 1 aliphatic rings. The molecule has 1 saturated heterocycles. The van der Waals surface area contributed by atoms with Crippen molar-refractivity contribution in [1.29, 1.82) is 0 Å². The summed E-state index contributed by atoms with van der Waals surface area (Å²) >= 11 is 0. The van der Waals surface area contributed by atoms with Gasteiger partial charge in [-0.05, 0) is 23.0 Å². The Morgan fingerprint density at radius 3 is 2.50 bits per heavy atom. The second-order valence-electron chi connectivity index (χ2n) is 10.2. The van der Waals surface area contributed by atoms with E-state index in [1.54, 1.807) is 42.5 Å². The van der Waals surface area contributed by atoms with E-state index in [-0.39, 0.29) is 34.8 Å². The first kappa shape index (κ1) is 24.9. The van der Waals surface area contributed by atoms with Crippen LogP contribution in [-0.2, 0) is 7.05 Å². The van der Waals surface area contributed by atoms with Crippen LogP contribution >= 0.6 is 0 Å². The molecule has 1 amide bonds. The largest absolute Gasteiger partial charge is 0.465 e. The van der Waals surface area contributed by atoms with Gasteiger partial charge in [0.25, 0.3) is 5.69 Å². The molecular weight excluding hydrogens is 464 g/mol. The summed E-state index contributed by atoms with van der Waals surface area (Å²) in [4.78, 5) is 33.4. The molecule has 12 nitrogen and oxygen atoms in total. The van der Waals surface area contributed by atoms with Crippen molar-refractivity contribution < 1.29 is 14.8 Å². The zero-order chi connectivity index (χ0) is 26.2. The molecule has 0 bridgehead atoms. The lowest BCUT2D eigenvalue weighted by Gasteiger charge is -2.36. The lowest BCUT2D eigenvalue weighted by atomic mass is 9.79. The Morgan fingerprint density at radius 2 is 1.92 bits per heavy atom. The number of hydrogen-bond acceptors (Lipinski definition) is 8. The molecular formula is C24H30N8O4. The van der Waals surface area contributed by atoms with Crippen LogP contribution in [0.25, 0.3) is 11.1 Å². The molecule has 0 saturated carbocycles. The maximum absolute atomic E-state index is 11.9. The maximum atomic E-state index is 11.9. The van der Waals surface area contributed by atoms with Crippen molar-refractivity contribution in [2.24, 2.45) is 18.4 Å². The molecule has 3 N–H and O–H groups in total. The van der Waals surface area contributed by atoms with Gasteiger partial charge in [-0.15, -0.1) is 0 Å². The number of benzene rings is 1. The van der Waals surface area contributed by atoms with Gasteiger partial charge in [-0.2, -0.15) is 5.10 Å². The fraction of sp³-hybridized carbons (Fsp3) is 0.417. The molecule has 36 heavy (non-hydrogen) atoms. The molecule has 3 atom stereocenters. The van der Waals surface area contributed by atoms with Crippen LogP contribution in [0.4, 0.5) is 27.8 Å². The number of carboxylic acid groups (broad SMARTS) is 1. The van der Waals surface area contributed by atoms with Crippen LogP contribution < -0.4 is 10.6 Å². The number of anilines is 3. The number of nitrogens with zero attached hydrogens (tertiary/aromatic N) is 6. The first-order valence-electron chi connectivity index (χ1n) is 11.6. The van der Waals surface area contributed by atoms with Crippen LogP contribution in [0.3, 0.4) is 0 Å². The van der Waals surface area contributed by atoms with E-state index >= 15 is 0 Å². The molecule has 1 fully saturated rings. The highest BCUT2D eigenvalue weighted by Gasteiger charge is 2.47. The quantitative estimate of drug-likeness (QED) is 0.335. The highest BCUT2D eigenvalue weighted by Crippen LogP contribution is 2.38. The summed E-state index contributed by atoms with van der Waals surface area (Å²) in [6.45, 7) is 8.44. The number of nitro benzene ring substituents is 1. The zero-order valence-corrected chi connectivity index (χ0v) is 20.8. The predicted octanol–water partition coefficient (Wildman–Crippen LogP) is 4.35. The van der Waals surface area contributed by atoms with E-state index in [1.165, 1.54) is 17.2 Å². The number of aromatic nitrogens is 4.